The minimum absolute atomic E-state index is 0.0249. The van der Waals surface area contributed by atoms with Crippen molar-refractivity contribution in [3.8, 4) is 11.5 Å². The molecule has 0 radical (unpaired) electrons. The van der Waals surface area contributed by atoms with Gasteiger partial charge in [0.15, 0.2) is 11.5 Å². The van der Waals surface area contributed by atoms with Gasteiger partial charge in [0.05, 0.1) is 11.1 Å². The van der Waals surface area contributed by atoms with Crippen molar-refractivity contribution in [1.29, 1.82) is 0 Å². The Morgan fingerprint density at radius 1 is 1.26 bits per heavy atom. The molecule has 6 heteroatoms. The number of hydrogen-bond donors (Lipinski definition) is 0. The maximum atomic E-state index is 13.0. The highest BCUT2D eigenvalue weighted by atomic mass is 35.5. The van der Waals surface area contributed by atoms with E-state index in [0.29, 0.717) is 16.5 Å². The largest absolute Gasteiger partial charge is 0.454 e. The first-order chi connectivity index (χ1) is 13.1. The standard InChI is InChI=1S/C21H23ClN2O3/c1-23-10-5-7-17(23)18-6-3-2-4-11-24(18)20(25)9-8-15-12-16(22)21-19(13-15)26-14-27-21/h5,7-10,12-13,18H,2-4,6,11,14H2,1H3/b9-8+. The third-order valence-electron chi connectivity index (χ3n) is 5.23. The van der Waals surface area contributed by atoms with Gasteiger partial charge in [-0.25, -0.2) is 0 Å². The molecule has 0 aliphatic carbocycles. The van der Waals surface area contributed by atoms with E-state index in [2.05, 4.69) is 10.6 Å². The molecule has 1 aromatic heterocycles. The van der Waals surface area contributed by atoms with E-state index in [-0.39, 0.29) is 18.7 Å². The van der Waals surface area contributed by atoms with Gasteiger partial charge in [0.1, 0.15) is 0 Å². The summed E-state index contributed by atoms with van der Waals surface area (Å²) in [6, 6.07) is 7.89. The SMILES string of the molecule is Cn1cccc1C1CCCCCN1C(=O)/C=C/c1cc(Cl)c2c(c1)OCO2. The number of rotatable bonds is 3. The Bertz CT molecular complexity index is 874. The number of carbonyl (C=O) groups is 1. The zero-order valence-corrected chi connectivity index (χ0v) is 16.1. The normalized spacial score (nSPS) is 19.5. The summed E-state index contributed by atoms with van der Waals surface area (Å²) in [6.07, 6.45) is 9.79. The number of aryl methyl sites for hydroxylation is 1. The monoisotopic (exact) mass is 386 g/mol. The molecule has 1 amide bonds. The van der Waals surface area contributed by atoms with Gasteiger partial charge < -0.3 is 18.9 Å². The number of aromatic nitrogens is 1. The molecule has 0 bridgehead atoms. The maximum absolute atomic E-state index is 13.0. The first-order valence-electron chi connectivity index (χ1n) is 9.32. The zero-order valence-electron chi connectivity index (χ0n) is 15.4. The van der Waals surface area contributed by atoms with Crippen molar-refractivity contribution >= 4 is 23.6 Å². The summed E-state index contributed by atoms with van der Waals surface area (Å²) < 4.78 is 12.8. The molecule has 1 aromatic carbocycles. The number of benzene rings is 1. The van der Waals surface area contributed by atoms with Gasteiger partial charge in [-0.1, -0.05) is 24.4 Å². The molecule has 27 heavy (non-hydrogen) atoms. The predicted octanol–water partition coefficient (Wildman–Crippen LogP) is 4.56. The number of likely N-dealkylation sites (tertiary alicyclic amines) is 1. The molecule has 5 nitrogen and oxygen atoms in total. The smallest absolute Gasteiger partial charge is 0.247 e. The lowest BCUT2D eigenvalue weighted by atomic mass is 10.1. The van der Waals surface area contributed by atoms with Gasteiger partial charge in [-0.05, 0) is 48.7 Å². The minimum atomic E-state index is 0.0249. The lowest BCUT2D eigenvalue weighted by Crippen LogP contribution is -2.34. The molecule has 0 N–H and O–H groups in total. The molecule has 1 unspecified atom stereocenters. The summed E-state index contributed by atoms with van der Waals surface area (Å²) in [6.45, 7) is 0.953. The van der Waals surface area contributed by atoms with E-state index in [1.54, 1.807) is 18.2 Å². The van der Waals surface area contributed by atoms with E-state index in [9.17, 15) is 4.79 Å². The number of nitrogens with zero attached hydrogens (tertiary/aromatic N) is 2. The van der Waals surface area contributed by atoms with Crippen molar-refractivity contribution in [2.45, 2.75) is 31.7 Å². The van der Waals surface area contributed by atoms with Gasteiger partial charge in [-0.3, -0.25) is 4.79 Å². The number of hydrogen-bond acceptors (Lipinski definition) is 3. The maximum Gasteiger partial charge on any atom is 0.247 e. The van der Waals surface area contributed by atoms with Gasteiger partial charge in [-0.15, -0.1) is 0 Å². The quantitative estimate of drug-likeness (QED) is 0.726. The Morgan fingerprint density at radius 2 is 2.15 bits per heavy atom. The topological polar surface area (TPSA) is 43.7 Å². The molecule has 1 saturated heterocycles. The number of ether oxygens (including phenoxy) is 2. The molecule has 142 valence electrons. The summed E-state index contributed by atoms with van der Waals surface area (Å²) in [5, 5.41) is 0.494. The van der Waals surface area contributed by atoms with Crippen molar-refractivity contribution in [1.82, 2.24) is 9.47 Å². The van der Waals surface area contributed by atoms with Crippen molar-refractivity contribution in [3.05, 3.63) is 52.8 Å². The van der Waals surface area contributed by atoms with Crippen LogP contribution in [0.5, 0.6) is 11.5 Å². The molecular formula is C21H23ClN2O3. The number of amides is 1. The van der Waals surface area contributed by atoms with Crippen molar-refractivity contribution in [3.63, 3.8) is 0 Å². The third-order valence-corrected chi connectivity index (χ3v) is 5.51. The Hall–Kier alpha value is -2.40. The second-order valence-electron chi connectivity index (χ2n) is 7.01. The van der Waals surface area contributed by atoms with Gasteiger partial charge in [-0.2, -0.15) is 0 Å². The fraction of sp³-hybridized carbons (Fsp3) is 0.381. The average molecular weight is 387 g/mol. The van der Waals surface area contributed by atoms with Gasteiger partial charge >= 0.3 is 0 Å². The highest BCUT2D eigenvalue weighted by Gasteiger charge is 2.27. The van der Waals surface area contributed by atoms with E-state index in [1.807, 2.05) is 30.3 Å². The first-order valence-corrected chi connectivity index (χ1v) is 9.70. The second kappa shape index (κ2) is 7.69. The third kappa shape index (κ3) is 3.69. The summed E-state index contributed by atoms with van der Waals surface area (Å²) >= 11 is 6.23. The van der Waals surface area contributed by atoms with Gasteiger partial charge in [0.2, 0.25) is 12.7 Å². The van der Waals surface area contributed by atoms with Crippen LogP contribution >= 0.6 is 11.6 Å². The fourth-order valence-electron chi connectivity index (χ4n) is 3.85. The van der Waals surface area contributed by atoms with Crippen molar-refractivity contribution in [2.24, 2.45) is 7.05 Å². The predicted molar refractivity (Wildman–Crippen MR) is 105 cm³/mol. The van der Waals surface area contributed by atoms with Crippen LogP contribution in [0, 0.1) is 0 Å². The van der Waals surface area contributed by atoms with Crippen LogP contribution in [-0.2, 0) is 11.8 Å². The van der Waals surface area contributed by atoms with Gasteiger partial charge in [0.25, 0.3) is 0 Å². The van der Waals surface area contributed by atoms with E-state index in [4.69, 9.17) is 21.1 Å². The zero-order chi connectivity index (χ0) is 18.8. The van der Waals surface area contributed by atoms with Crippen LogP contribution in [0.1, 0.15) is 43.0 Å². The fourth-order valence-corrected chi connectivity index (χ4v) is 4.12. The number of halogens is 1. The van der Waals surface area contributed by atoms with E-state index in [1.165, 1.54) is 5.69 Å². The molecule has 0 spiro atoms. The molecule has 2 aromatic rings. The van der Waals surface area contributed by atoms with Gasteiger partial charge in [0, 0.05) is 31.6 Å². The summed E-state index contributed by atoms with van der Waals surface area (Å²) in [5.41, 5.74) is 2.01. The molecule has 2 aliphatic heterocycles. The lowest BCUT2D eigenvalue weighted by Gasteiger charge is -2.29. The number of carbonyl (C=O) groups excluding carboxylic acids is 1. The molecule has 0 saturated carbocycles. The molecule has 1 fully saturated rings. The molecular weight excluding hydrogens is 364 g/mol. The summed E-state index contributed by atoms with van der Waals surface area (Å²) in [7, 11) is 2.04. The number of fused-ring (bicyclic) bond motifs is 1. The minimum Gasteiger partial charge on any atom is -0.454 e. The first kappa shape index (κ1) is 18.0. The Labute approximate surface area is 164 Å². The summed E-state index contributed by atoms with van der Waals surface area (Å²) in [5.74, 6) is 1.21. The molecule has 3 heterocycles. The van der Waals surface area contributed by atoms with E-state index in [0.717, 1.165) is 37.8 Å². The molecule has 2 aliphatic rings. The van der Waals surface area contributed by atoms with Crippen molar-refractivity contribution < 1.29 is 14.3 Å². The van der Waals surface area contributed by atoms with Crippen LogP contribution in [0.25, 0.3) is 6.08 Å². The highest BCUT2D eigenvalue weighted by Crippen LogP contribution is 2.40. The van der Waals surface area contributed by atoms with Crippen LogP contribution in [0.2, 0.25) is 5.02 Å². The Balaban J connectivity index is 1.56. The van der Waals surface area contributed by atoms with Crippen LogP contribution in [0.4, 0.5) is 0 Å². The second-order valence-corrected chi connectivity index (χ2v) is 7.42. The summed E-state index contributed by atoms with van der Waals surface area (Å²) in [4.78, 5) is 15.0. The Morgan fingerprint density at radius 3 is 2.96 bits per heavy atom. The van der Waals surface area contributed by atoms with Crippen molar-refractivity contribution in [2.75, 3.05) is 13.3 Å². The van der Waals surface area contributed by atoms with Crippen LogP contribution in [0.3, 0.4) is 0 Å². The van der Waals surface area contributed by atoms with Crippen LogP contribution < -0.4 is 9.47 Å². The van der Waals surface area contributed by atoms with Crippen LogP contribution in [0.15, 0.2) is 36.5 Å². The average Bonchev–Trinajstić information content (AvgIpc) is 3.23. The molecule has 4 rings (SSSR count). The lowest BCUT2D eigenvalue weighted by molar-refractivity contribution is -0.128. The van der Waals surface area contributed by atoms with E-state index < -0.39 is 0 Å². The Kier molecular flexibility index (Phi) is 5.12. The molecule has 1 atom stereocenters. The van der Waals surface area contributed by atoms with E-state index >= 15 is 0 Å². The highest BCUT2D eigenvalue weighted by molar-refractivity contribution is 6.32. The van der Waals surface area contributed by atoms with Crippen LogP contribution in [-0.4, -0.2) is 28.7 Å².